The fourth-order valence-electron chi connectivity index (χ4n) is 3.35. The van der Waals surface area contributed by atoms with E-state index in [0.717, 1.165) is 43.7 Å². The minimum atomic E-state index is 0.493. The van der Waals surface area contributed by atoms with Crippen molar-refractivity contribution in [2.75, 3.05) is 0 Å². The molecule has 0 amide bonds. The molecular weight excluding hydrogens is 414 g/mol. The van der Waals surface area contributed by atoms with E-state index in [0.29, 0.717) is 6.61 Å². The standard InChI is InChI=1S/C23H16BrN3O/c24-18-11-12-21(28-15-16-6-2-1-3-7-16)19(14-18)23-26-25-22-13-10-17-8-4-5-9-20(17)27(22)23/h1-14H,15H2. The summed E-state index contributed by atoms with van der Waals surface area (Å²) in [4.78, 5) is 0. The second-order valence-electron chi connectivity index (χ2n) is 6.52. The first-order valence-electron chi connectivity index (χ1n) is 8.99. The minimum absolute atomic E-state index is 0.493. The van der Waals surface area contributed by atoms with Crippen LogP contribution in [0.3, 0.4) is 0 Å². The van der Waals surface area contributed by atoms with E-state index in [4.69, 9.17) is 4.74 Å². The van der Waals surface area contributed by atoms with Gasteiger partial charge in [0.15, 0.2) is 11.5 Å². The Kier molecular flexibility index (Phi) is 4.29. The highest BCUT2D eigenvalue weighted by atomic mass is 79.9. The first-order chi connectivity index (χ1) is 13.8. The van der Waals surface area contributed by atoms with Gasteiger partial charge in [-0.1, -0.05) is 64.5 Å². The molecule has 5 aromatic rings. The molecule has 2 heterocycles. The van der Waals surface area contributed by atoms with Gasteiger partial charge in [-0.2, -0.15) is 0 Å². The maximum absolute atomic E-state index is 6.16. The van der Waals surface area contributed by atoms with Gasteiger partial charge >= 0.3 is 0 Å². The Bertz CT molecular complexity index is 1280. The average molecular weight is 430 g/mol. The summed E-state index contributed by atoms with van der Waals surface area (Å²) >= 11 is 3.58. The topological polar surface area (TPSA) is 39.4 Å². The number of rotatable bonds is 4. The lowest BCUT2D eigenvalue weighted by molar-refractivity contribution is 0.307. The van der Waals surface area contributed by atoms with E-state index in [2.05, 4.69) is 60.9 Å². The van der Waals surface area contributed by atoms with Gasteiger partial charge in [0, 0.05) is 4.47 Å². The average Bonchev–Trinajstić information content (AvgIpc) is 3.18. The van der Waals surface area contributed by atoms with E-state index in [1.165, 1.54) is 0 Å². The van der Waals surface area contributed by atoms with Crippen LogP contribution in [0.1, 0.15) is 5.56 Å². The Morgan fingerprint density at radius 3 is 2.54 bits per heavy atom. The fourth-order valence-corrected chi connectivity index (χ4v) is 3.71. The number of fused-ring (bicyclic) bond motifs is 3. The molecule has 0 bridgehead atoms. The zero-order chi connectivity index (χ0) is 18.9. The summed E-state index contributed by atoms with van der Waals surface area (Å²) in [6.45, 7) is 0.493. The van der Waals surface area contributed by atoms with Gasteiger partial charge in [0.1, 0.15) is 12.4 Å². The van der Waals surface area contributed by atoms with Crippen molar-refractivity contribution in [3.8, 4) is 17.1 Å². The van der Waals surface area contributed by atoms with E-state index in [1.54, 1.807) is 0 Å². The Morgan fingerprint density at radius 2 is 1.64 bits per heavy atom. The second kappa shape index (κ2) is 7.09. The smallest absolute Gasteiger partial charge is 0.172 e. The predicted octanol–water partition coefficient (Wildman–Crippen LogP) is 5.89. The molecular formula is C23H16BrN3O. The van der Waals surface area contributed by atoms with Gasteiger partial charge in [-0.3, -0.25) is 4.40 Å². The van der Waals surface area contributed by atoms with Gasteiger partial charge in [-0.25, -0.2) is 0 Å². The molecule has 0 atom stereocenters. The molecule has 0 aliphatic carbocycles. The summed E-state index contributed by atoms with van der Waals surface area (Å²) in [5.74, 6) is 1.53. The van der Waals surface area contributed by atoms with Crippen LogP contribution in [0, 0.1) is 0 Å². The molecule has 136 valence electrons. The molecule has 0 aliphatic heterocycles. The lowest BCUT2D eigenvalue weighted by atomic mass is 10.1. The third-order valence-electron chi connectivity index (χ3n) is 4.70. The maximum atomic E-state index is 6.16. The molecule has 4 nitrogen and oxygen atoms in total. The quantitative estimate of drug-likeness (QED) is 0.357. The van der Waals surface area contributed by atoms with Gasteiger partial charge in [-0.05, 0) is 47.3 Å². The lowest BCUT2D eigenvalue weighted by Gasteiger charge is -2.12. The first-order valence-corrected chi connectivity index (χ1v) is 9.78. The van der Waals surface area contributed by atoms with Crippen molar-refractivity contribution in [3.63, 3.8) is 0 Å². The van der Waals surface area contributed by atoms with Gasteiger partial charge < -0.3 is 4.74 Å². The van der Waals surface area contributed by atoms with Gasteiger partial charge in [0.25, 0.3) is 0 Å². The van der Waals surface area contributed by atoms with Crippen molar-refractivity contribution in [1.29, 1.82) is 0 Å². The lowest BCUT2D eigenvalue weighted by Crippen LogP contribution is -1.99. The third-order valence-corrected chi connectivity index (χ3v) is 5.19. The van der Waals surface area contributed by atoms with Crippen molar-refractivity contribution < 1.29 is 4.74 Å². The summed E-state index contributed by atoms with van der Waals surface area (Å²) in [6.07, 6.45) is 0. The summed E-state index contributed by atoms with van der Waals surface area (Å²) in [6, 6.07) is 28.4. The number of nitrogens with zero attached hydrogens (tertiary/aromatic N) is 3. The van der Waals surface area contributed by atoms with Crippen LogP contribution in [0.5, 0.6) is 5.75 Å². The van der Waals surface area contributed by atoms with E-state index in [9.17, 15) is 0 Å². The number of hydrogen-bond donors (Lipinski definition) is 0. The van der Waals surface area contributed by atoms with Crippen molar-refractivity contribution >= 4 is 32.5 Å². The normalized spacial score (nSPS) is 11.2. The number of halogens is 1. The molecule has 5 heteroatoms. The van der Waals surface area contributed by atoms with E-state index >= 15 is 0 Å². The van der Waals surface area contributed by atoms with Gasteiger partial charge in [0.2, 0.25) is 0 Å². The van der Waals surface area contributed by atoms with Crippen LogP contribution in [0.4, 0.5) is 0 Å². The molecule has 0 unspecified atom stereocenters. The maximum Gasteiger partial charge on any atom is 0.172 e. The van der Waals surface area contributed by atoms with Gasteiger partial charge in [0.05, 0.1) is 11.1 Å². The number of benzene rings is 3. The number of pyridine rings is 1. The fraction of sp³-hybridized carbons (Fsp3) is 0.0435. The highest BCUT2D eigenvalue weighted by molar-refractivity contribution is 9.10. The Balaban J connectivity index is 1.65. The van der Waals surface area contributed by atoms with Crippen molar-refractivity contribution in [1.82, 2.24) is 14.6 Å². The molecule has 0 spiro atoms. The van der Waals surface area contributed by atoms with Crippen molar-refractivity contribution in [2.24, 2.45) is 0 Å². The molecule has 2 aromatic heterocycles. The van der Waals surface area contributed by atoms with Gasteiger partial charge in [-0.15, -0.1) is 10.2 Å². The van der Waals surface area contributed by atoms with Crippen LogP contribution in [0.15, 0.2) is 89.4 Å². The molecule has 0 N–H and O–H groups in total. The van der Waals surface area contributed by atoms with Crippen LogP contribution in [-0.2, 0) is 6.61 Å². The molecule has 5 rings (SSSR count). The Labute approximate surface area is 170 Å². The molecule has 3 aromatic carbocycles. The van der Waals surface area contributed by atoms with Crippen molar-refractivity contribution in [3.05, 3.63) is 95.0 Å². The SMILES string of the molecule is Brc1ccc(OCc2ccccc2)c(-c2nnc3ccc4ccccc4n23)c1. The van der Waals surface area contributed by atoms with Crippen LogP contribution >= 0.6 is 15.9 Å². The number of hydrogen-bond acceptors (Lipinski definition) is 3. The molecule has 28 heavy (non-hydrogen) atoms. The molecule has 0 radical (unpaired) electrons. The number of para-hydroxylation sites is 1. The summed E-state index contributed by atoms with van der Waals surface area (Å²) in [7, 11) is 0. The summed E-state index contributed by atoms with van der Waals surface area (Å²) < 4.78 is 9.20. The Hall–Kier alpha value is -3.18. The summed E-state index contributed by atoms with van der Waals surface area (Å²) in [5.41, 5.74) is 3.89. The molecule has 0 aliphatic rings. The zero-order valence-corrected chi connectivity index (χ0v) is 16.5. The van der Waals surface area contributed by atoms with Crippen molar-refractivity contribution in [2.45, 2.75) is 6.61 Å². The van der Waals surface area contributed by atoms with E-state index in [-0.39, 0.29) is 0 Å². The summed E-state index contributed by atoms with van der Waals surface area (Å²) in [5, 5.41) is 10.00. The minimum Gasteiger partial charge on any atom is -0.488 e. The number of aromatic nitrogens is 3. The van der Waals surface area contributed by atoms with Crippen LogP contribution in [0.2, 0.25) is 0 Å². The third kappa shape index (κ3) is 3.04. The molecule has 0 fully saturated rings. The monoisotopic (exact) mass is 429 g/mol. The van der Waals surface area contributed by atoms with Crippen LogP contribution in [0.25, 0.3) is 27.9 Å². The van der Waals surface area contributed by atoms with Crippen LogP contribution in [-0.4, -0.2) is 14.6 Å². The van der Waals surface area contributed by atoms with Crippen LogP contribution < -0.4 is 4.74 Å². The number of ether oxygens (including phenoxy) is 1. The first kappa shape index (κ1) is 17.0. The zero-order valence-electron chi connectivity index (χ0n) is 14.9. The Morgan fingerprint density at radius 1 is 0.821 bits per heavy atom. The highest BCUT2D eigenvalue weighted by Crippen LogP contribution is 2.34. The second-order valence-corrected chi connectivity index (χ2v) is 7.44. The highest BCUT2D eigenvalue weighted by Gasteiger charge is 2.16. The molecule has 0 saturated carbocycles. The predicted molar refractivity (Wildman–Crippen MR) is 114 cm³/mol. The van der Waals surface area contributed by atoms with E-state index < -0.39 is 0 Å². The van der Waals surface area contributed by atoms with E-state index in [1.807, 2.05) is 54.6 Å². The molecule has 0 saturated heterocycles. The largest absolute Gasteiger partial charge is 0.488 e.